The highest BCUT2D eigenvalue weighted by Gasteiger charge is 2.06. The van der Waals surface area contributed by atoms with Crippen LogP contribution in [0.2, 0.25) is 0 Å². The molecule has 0 bridgehead atoms. The van der Waals surface area contributed by atoms with Crippen molar-refractivity contribution >= 4 is 23.6 Å². The van der Waals surface area contributed by atoms with E-state index in [2.05, 4.69) is 0 Å². The lowest BCUT2D eigenvalue weighted by Gasteiger charge is -2.18. The largest absolute Gasteiger partial charge is 0.489 e. The molecule has 0 fully saturated rings. The van der Waals surface area contributed by atoms with Crippen molar-refractivity contribution in [2.24, 2.45) is 0 Å². The first-order valence-electron chi connectivity index (χ1n) is 8.14. The lowest BCUT2D eigenvalue weighted by molar-refractivity contribution is 0.0697. The van der Waals surface area contributed by atoms with Crippen LogP contribution in [0.1, 0.15) is 15.9 Å². The van der Waals surface area contributed by atoms with E-state index in [1.165, 1.54) is 11.9 Å². The Kier molecular flexibility index (Phi) is 5.81. The Morgan fingerprint density at radius 1 is 0.962 bits per heavy atom. The highest BCUT2D eigenvalue weighted by Crippen LogP contribution is 2.29. The minimum absolute atomic E-state index is 0.289. The van der Waals surface area contributed by atoms with Crippen LogP contribution in [0.3, 0.4) is 0 Å². The third-order valence-electron chi connectivity index (χ3n) is 3.79. The number of carboxylic acid groups (broad SMARTS) is 1. The molecule has 0 aliphatic carbocycles. The fourth-order valence-electron chi connectivity index (χ4n) is 2.36. The number of benzene rings is 3. The van der Waals surface area contributed by atoms with Gasteiger partial charge in [-0.3, -0.25) is 0 Å². The summed E-state index contributed by atoms with van der Waals surface area (Å²) in [6, 6.07) is 24.8. The summed E-state index contributed by atoms with van der Waals surface area (Å²) in [5.74, 6) is -0.0946. The monoisotopic (exact) mass is 365 g/mol. The van der Waals surface area contributed by atoms with E-state index < -0.39 is 5.97 Å². The molecule has 0 aliphatic heterocycles. The van der Waals surface area contributed by atoms with Gasteiger partial charge in [-0.15, -0.1) is 0 Å². The van der Waals surface area contributed by atoms with Crippen LogP contribution in [-0.2, 0) is 6.61 Å². The maximum Gasteiger partial charge on any atom is 0.335 e. The molecule has 0 saturated heterocycles. The summed E-state index contributed by atoms with van der Waals surface area (Å²) in [5.41, 5.74) is 2.45. The predicted molar refractivity (Wildman–Crippen MR) is 105 cm³/mol. The number of hydrogen-bond acceptors (Lipinski definition) is 4. The Labute approximate surface area is 157 Å². The first-order chi connectivity index (χ1) is 12.6. The van der Waals surface area contributed by atoms with Gasteiger partial charge in [0.2, 0.25) is 0 Å². The molecule has 1 N–H and O–H groups in total. The van der Waals surface area contributed by atoms with E-state index in [1.54, 1.807) is 12.1 Å². The smallest absolute Gasteiger partial charge is 0.335 e. The van der Waals surface area contributed by atoms with E-state index >= 15 is 0 Å². The van der Waals surface area contributed by atoms with Crippen molar-refractivity contribution < 1.29 is 14.6 Å². The molecule has 5 heteroatoms. The van der Waals surface area contributed by atoms with Gasteiger partial charge >= 0.3 is 5.97 Å². The van der Waals surface area contributed by atoms with Gasteiger partial charge < -0.3 is 14.1 Å². The number of nitrogens with zero attached hydrogens (tertiary/aromatic N) is 1. The van der Waals surface area contributed by atoms with Crippen LogP contribution in [0.4, 0.5) is 5.69 Å². The Balaban J connectivity index is 1.57. The SMILES string of the molecule is CN(Sc1ccc(C(=O)O)cc1)c1ccc(OCc2ccccc2)cc1. The van der Waals surface area contributed by atoms with E-state index in [0.717, 1.165) is 21.9 Å². The van der Waals surface area contributed by atoms with Crippen LogP contribution in [0.25, 0.3) is 0 Å². The maximum absolute atomic E-state index is 10.9. The molecule has 3 aromatic rings. The van der Waals surface area contributed by atoms with Crippen molar-refractivity contribution in [3.63, 3.8) is 0 Å². The predicted octanol–water partition coefficient (Wildman–Crippen LogP) is 5.11. The van der Waals surface area contributed by atoms with Gasteiger partial charge in [0, 0.05) is 17.6 Å². The van der Waals surface area contributed by atoms with E-state index in [-0.39, 0.29) is 5.56 Å². The van der Waals surface area contributed by atoms with Gasteiger partial charge in [-0.1, -0.05) is 30.3 Å². The lowest BCUT2D eigenvalue weighted by Crippen LogP contribution is -2.06. The van der Waals surface area contributed by atoms with Crippen molar-refractivity contribution in [3.05, 3.63) is 90.0 Å². The van der Waals surface area contributed by atoms with Crippen LogP contribution >= 0.6 is 11.9 Å². The van der Waals surface area contributed by atoms with Crippen LogP contribution in [0.5, 0.6) is 5.75 Å². The first kappa shape index (κ1) is 17.9. The Hall–Kier alpha value is -2.92. The number of anilines is 1. The zero-order valence-electron chi connectivity index (χ0n) is 14.3. The van der Waals surface area contributed by atoms with Crippen molar-refractivity contribution in [3.8, 4) is 5.75 Å². The molecule has 0 spiro atoms. The minimum atomic E-state index is -0.916. The fourth-order valence-corrected chi connectivity index (χ4v) is 3.16. The highest BCUT2D eigenvalue weighted by molar-refractivity contribution is 8.00. The van der Waals surface area contributed by atoms with Crippen LogP contribution in [-0.4, -0.2) is 18.1 Å². The van der Waals surface area contributed by atoms with Crippen molar-refractivity contribution in [2.45, 2.75) is 11.5 Å². The molecular formula is C21H19NO3S. The highest BCUT2D eigenvalue weighted by atomic mass is 32.2. The molecule has 0 saturated carbocycles. The summed E-state index contributed by atoms with van der Waals surface area (Å²) in [5, 5.41) is 8.95. The number of hydrogen-bond donors (Lipinski definition) is 1. The quantitative estimate of drug-likeness (QED) is 0.590. The van der Waals surface area contributed by atoms with Crippen molar-refractivity contribution in [2.75, 3.05) is 11.4 Å². The average Bonchev–Trinajstić information content (AvgIpc) is 2.68. The molecule has 0 radical (unpaired) electrons. The van der Waals surface area contributed by atoms with Gasteiger partial charge in [0.1, 0.15) is 12.4 Å². The maximum atomic E-state index is 10.9. The molecule has 4 nitrogen and oxygen atoms in total. The van der Waals surface area contributed by atoms with Gasteiger partial charge in [0.05, 0.1) is 5.56 Å². The summed E-state index contributed by atoms with van der Waals surface area (Å²) >= 11 is 1.53. The normalized spacial score (nSPS) is 10.3. The second kappa shape index (κ2) is 8.45. The zero-order chi connectivity index (χ0) is 18.4. The topological polar surface area (TPSA) is 49.8 Å². The molecule has 26 heavy (non-hydrogen) atoms. The third-order valence-corrected chi connectivity index (χ3v) is 4.76. The van der Waals surface area contributed by atoms with Gasteiger partial charge in [-0.05, 0) is 66.0 Å². The Bertz CT molecular complexity index is 849. The number of carbonyl (C=O) groups is 1. The average molecular weight is 365 g/mol. The molecule has 0 unspecified atom stereocenters. The van der Waals surface area contributed by atoms with E-state index in [0.29, 0.717) is 6.61 Å². The standard InChI is InChI=1S/C21H19NO3S/c1-22(26-20-13-7-17(8-14-20)21(23)24)18-9-11-19(12-10-18)25-15-16-5-3-2-4-6-16/h2-14H,15H2,1H3,(H,23,24). The molecule has 3 aromatic carbocycles. The third kappa shape index (κ3) is 4.80. The molecular weight excluding hydrogens is 346 g/mol. The van der Waals surface area contributed by atoms with Crippen molar-refractivity contribution in [1.82, 2.24) is 0 Å². The zero-order valence-corrected chi connectivity index (χ0v) is 15.1. The summed E-state index contributed by atoms with van der Waals surface area (Å²) in [4.78, 5) is 11.9. The molecule has 132 valence electrons. The fraction of sp³-hybridized carbons (Fsp3) is 0.0952. The van der Waals surface area contributed by atoms with Gasteiger partial charge in [-0.2, -0.15) is 0 Å². The lowest BCUT2D eigenvalue weighted by atomic mass is 10.2. The molecule has 0 atom stereocenters. The first-order valence-corrected chi connectivity index (χ1v) is 8.91. The summed E-state index contributed by atoms with van der Waals surface area (Å²) < 4.78 is 7.82. The minimum Gasteiger partial charge on any atom is -0.489 e. The van der Waals surface area contributed by atoms with Crippen LogP contribution in [0.15, 0.2) is 83.8 Å². The molecule has 0 aliphatic rings. The second-order valence-electron chi connectivity index (χ2n) is 5.69. The molecule has 0 aromatic heterocycles. The van der Waals surface area contributed by atoms with Crippen LogP contribution < -0.4 is 9.04 Å². The summed E-state index contributed by atoms with van der Waals surface area (Å²) in [6.45, 7) is 0.542. The van der Waals surface area contributed by atoms with Crippen molar-refractivity contribution in [1.29, 1.82) is 0 Å². The summed E-state index contributed by atoms with van der Waals surface area (Å²) in [7, 11) is 1.97. The van der Waals surface area contributed by atoms with E-state index in [9.17, 15) is 4.79 Å². The number of ether oxygens (including phenoxy) is 1. The number of rotatable bonds is 7. The Morgan fingerprint density at radius 2 is 1.62 bits per heavy atom. The van der Waals surface area contributed by atoms with E-state index in [4.69, 9.17) is 9.84 Å². The molecule has 3 rings (SSSR count). The van der Waals surface area contributed by atoms with Crippen LogP contribution in [0, 0.1) is 0 Å². The van der Waals surface area contributed by atoms with Gasteiger partial charge in [0.15, 0.2) is 0 Å². The molecule has 0 heterocycles. The van der Waals surface area contributed by atoms with E-state index in [1.807, 2.05) is 78.1 Å². The Morgan fingerprint density at radius 3 is 2.23 bits per heavy atom. The summed E-state index contributed by atoms with van der Waals surface area (Å²) in [6.07, 6.45) is 0. The number of carboxylic acids is 1. The number of aromatic carboxylic acids is 1. The van der Waals surface area contributed by atoms with Gasteiger partial charge in [-0.25, -0.2) is 4.79 Å². The molecule has 0 amide bonds. The van der Waals surface area contributed by atoms with Gasteiger partial charge in [0.25, 0.3) is 0 Å². The second-order valence-corrected chi connectivity index (χ2v) is 6.89.